The molecule has 1 aliphatic rings. The molecule has 1 unspecified atom stereocenters. The van der Waals surface area contributed by atoms with E-state index >= 15 is 0 Å². The van der Waals surface area contributed by atoms with E-state index in [0.717, 1.165) is 25.4 Å². The van der Waals surface area contributed by atoms with Gasteiger partial charge in [0, 0.05) is 13.1 Å². The van der Waals surface area contributed by atoms with Crippen LogP contribution in [-0.4, -0.2) is 24.0 Å². The first-order chi connectivity index (χ1) is 5.59. The second kappa shape index (κ2) is 3.78. The molecule has 0 aliphatic carbocycles. The van der Waals surface area contributed by atoms with Crippen LogP contribution in [0.1, 0.15) is 26.7 Å². The van der Waals surface area contributed by atoms with Crippen LogP contribution in [0.5, 0.6) is 0 Å². The van der Waals surface area contributed by atoms with Crippen LogP contribution in [-0.2, 0) is 0 Å². The minimum Gasteiger partial charge on any atom is -0.351 e. The molecule has 3 heteroatoms. The third-order valence-electron chi connectivity index (χ3n) is 2.40. The highest BCUT2D eigenvalue weighted by atomic mass is 16.2. The average Bonchev–Trinajstić information content (AvgIpc) is 2.34. The Morgan fingerprint density at radius 3 is 2.75 bits per heavy atom. The summed E-state index contributed by atoms with van der Waals surface area (Å²) >= 11 is 0. The molecule has 1 aliphatic heterocycles. The van der Waals surface area contributed by atoms with E-state index < -0.39 is 0 Å². The van der Waals surface area contributed by atoms with E-state index in [1.165, 1.54) is 6.42 Å². The van der Waals surface area contributed by atoms with Crippen molar-refractivity contribution in [2.75, 3.05) is 13.1 Å². The molecular formula is C9H18N2O. The summed E-state index contributed by atoms with van der Waals surface area (Å²) in [5.74, 6) is 1.40. The van der Waals surface area contributed by atoms with Crippen molar-refractivity contribution in [3.05, 3.63) is 0 Å². The minimum atomic E-state index is -0.263. The summed E-state index contributed by atoms with van der Waals surface area (Å²) in [7, 11) is 0. The fourth-order valence-corrected chi connectivity index (χ4v) is 1.89. The van der Waals surface area contributed by atoms with Gasteiger partial charge in [0.05, 0.1) is 0 Å². The third kappa shape index (κ3) is 2.40. The Morgan fingerprint density at radius 1 is 1.67 bits per heavy atom. The molecule has 0 saturated carbocycles. The quantitative estimate of drug-likeness (QED) is 0.669. The molecule has 1 fully saturated rings. The number of hydrogen-bond donors (Lipinski definition) is 1. The first kappa shape index (κ1) is 9.36. The smallest absolute Gasteiger partial charge is 0.314 e. The van der Waals surface area contributed by atoms with Crippen LogP contribution in [0.25, 0.3) is 0 Å². The van der Waals surface area contributed by atoms with E-state index in [1.807, 2.05) is 0 Å². The van der Waals surface area contributed by atoms with Gasteiger partial charge in [0.2, 0.25) is 0 Å². The summed E-state index contributed by atoms with van der Waals surface area (Å²) in [6.45, 7) is 6.15. The molecule has 1 saturated heterocycles. The second-order valence-electron chi connectivity index (χ2n) is 4.07. The van der Waals surface area contributed by atoms with E-state index in [-0.39, 0.29) is 6.03 Å². The van der Waals surface area contributed by atoms with Crippen molar-refractivity contribution in [2.45, 2.75) is 26.7 Å². The van der Waals surface area contributed by atoms with E-state index in [0.29, 0.717) is 5.92 Å². The minimum absolute atomic E-state index is 0.263. The van der Waals surface area contributed by atoms with Crippen LogP contribution in [0.15, 0.2) is 0 Å². The topological polar surface area (TPSA) is 46.3 Å². The maximum atomic E-state index is 10.8. The highest BCUT2D eigenvalue weighted by Gasteiger charge is 2.24. The summed E-state index contributed by atoms with van der Waals surface area (Å²) in [5, 5.41) is 0. The first-order valence-corrected chi connectivity index (χ1v) is 4.64. The highest BCUT2D eigenvalue weighted by Crippen LogP contribution is 2.22. The van der Waals surface area contributed by atoms with Crippen LogP contribution in [0.3, 0.4) is 0 Å². The number of likely N-dealkylation sites (tertiary alicyclic amines) is 1. The first-order valence-electron chi connectivity index (χ1n) is 4.64. The molecule has 2 N–H and O–H groups in total. The molecule has 2 amide bonds. The van der Waals surface area contributed by atoms with Gasteiger partial charge in [-0.15, -0.1) is 0 Å². The van der Waals surface area contributed by atoms with Crippen molar-refractivity contribution in [2.24, 2.45) is 17.6 Å². The molecule has 1 rings (SSSR count). The van der Waals surface area contributed by atoms with Gasteiger partial charge in [0.1, 0.15) is 0 Å². The van der Waals surface area contributed by atoms with Crippen molar-refractivity contribution in [1.29, 1.82) is 0 Å². The Morgan fingerprint density at radius 2 is 2.33 bits per heavy atom. The van der Waals surface area contributed by atoms with Gasteiger partial charge in [-0.2, -0.15) is 0 Å². The predicted octanol–water partition coefficient (Wildman–Crippen LogP) is 1.43. The van der Waals surface area contributed by atoms with Gasteiger partial charge in [0.25, 0.3) is 0 Å². The Labute approximate surface area is 73.9 Å². The van der Waals surface area contributed by atoms with E-state index in [9.17, 15) is 4.79 Å². The lowest BCUT2D eigenvalue weighted by molar-refractivity contribution is 0.216. The van der Waals surface area contributed by atoms with Crippen molar-refractivity contribution >= 4 is 6.03 Å². The van der Waals surface area contributed by atoms with Crippen LogP contribution in [0.2, 0.25) is 0 Å². The van der Waals surface area contributed by atoms with Crippen LogP contribution < -0.4 is 5.73 Å². The third-order valence-corrected chi connectivity index (χ3v) is 2.40. The number of amides is 2. The maximum Gasteiger partial charge on any atom is 0.314 e. The lowest BCUT2D eigenvalue weighted by Gasteiger charge is -2.14. The van der Waals surface area contributed by atoms with E-state index in [1.54, 1.807) is 4.90 Å². The fourth-order valence-electron chi connectivity index (χ4n) is 1.89. The molecule has 0 radical (unpaired) electrons. The lowest BCUT2D eigenvalue weighted by Crippen LogP contribution is -2.33. The largest absolute Gasteiger partial charge is 0.351 e. The number of rotatable bonds is 2. The zero-order chi connectivity index (χ0) is 9.14. The summed E-state index contributed by atoms with van der Waals surface area (Å²) in [6.07, 6.45) is 2.34. The van der Waals surface area contributed by atoms with Gasteiger partial charge in [-0.25, -0.2) is 4.79 Å². The summed E-state index contributed by atoms with van der Waals surface area (Å²) in [5.41, 5.74) is 5.18. The predicted molar refractivity (Wildman–Crippen MR) is 48.7 cm³/mol. The van der Waals surface area contributed by atoms with Crippen LogP contribution >= 0.6 is 0 Å². The lowest BCUT2D eigenvalue weighted by atomic mass is 9.97. The normalized spacial score (nSPS) is 23.6. The number of primary amides is 1. The molecule has 70 valence electrons. The summed E-state index contributed by atoms with van der Waals surface area (Å²) in [6, 6.07) is -0.263. The Balaban J connectivity index is 2.30. The molecule has 3 nitrogen and oxygen atoms in total. The molecule has 1 atom stereocenters. The number of hydrogen-bond acceptors (Lipinski definition) is 1. The van der Waals surface area contributed by atoms with E-state index in [4.69, 9.17) is 5.73 Å². The molecule has 0 aromatic heterocycles. The van der Waals surface area contributed by atoms with Crippen molar-refractivity contribution < 1.29 is 4.79 Å². The van der Waals surface area contributed by atoms with Gasteiger partial charge in [-0.3, -0.25) is 0 Å². The second-order valence-corrected chi connectivity index (χ2v) is 4.07. The van der Waals surface area contributed by atoms with Crippen molar-refractivity contribution in [3.8, 4) is 0 Å². The van der Waals surface area contributed by atoms with Gasteiger partial charge >= 0.3 is 6.03 Å². The molecule has 0 spiro atoms. The summed E-state index contributed by atoms with van der Waals surface area (Å²) < 4.78 is 0. The van der Waals surface area contributed by atoms with Crippen LogP contribution in [0.4, 0.5) is 4.79 Å². The van der Waals surface area contributed by atoms with Gasteiger partial charge in [-0.1, -0.05) is 13.8 Å². The number of urea groups is 1. The summed E-state index contributed by atoms with van der Waals surface area (Å²) in [4.78, 5) is 12.5. The van der Waals surface area contributed by atoms with Crippen molar-refractivity contribution in [3.63, 3.8) is 0 Å². The molecular weight excluding hydrogens is 152 g/mol. The van der Waals surface area contributed by atoms with Crippen LogP contribution in [0, 0.1) is 11.8 Å². The van der Waals surface area contributed by atoms with Gasteiger partial charge < -0.3 is 10.6 Å². The zero-order valence-electron chi connectivity index (χ0n) is 7.92. The fraction of sp³-hybridized carbons (Fsp3) is 0.889. The molecule has 1 heterocycles. The zero-order valence-corrected chi connectivity index (χ0v) is 7.92. The standard InChI is InChI=1S/C9H18N2O/c1-7(2)5-8-3-4-11(6-8)9(10)12/h7-8H,3-6H2,1-2H3,(H2,10,12). The molecule has 0 aromatic rings. The van der Waals surface area contributed by atoms with Gasteiger partial charge in [-0.05, 0) is 24.7 Å². The maximum absolute atomic E-state index is 10.8. The Kier molecular flexibility index (Phi) is 2.95. The number of carbonyl (C=O) groups excluding carboxylic acids is 1. The van der Waals surface area contributed by atoms with Crippen molar-refractivity contribution in [1.82, 2.24) is 4.90 Å². The molecule has 0 bridgehead atoms. The average molecular weight is 170 g/mol. The Bertz CT molecular complexity index is 168. The number of nitrogens with two attached hydrogens (primary N) is 1. The van der Waals surface area contributed by atoms with Gasteiger partial charge in [0.15, 0.2) is 0 Å². The number of carbonyl (C=O) groups is 1. The molecule has 12 heavy (non-hydrogen) atoms. The highest BCUT2D eigenvalue weighted by molar-refractivity contribution is 5.72. The number of nitrogens with zero attached hydrogens (tertiary/aromatic N) is 1. The SMILES string of the molecule is CC(C)CC1CCN(C(N)=O)C1. The molecule has 0 aromatic carbocycles. The Hall–Kier alpha value is -0.730. The van der Waals surface area contributed by atoms with E-state index in [2.05, 4.69) is 13.8 Å². The monoisotopic (exact) mass is 170 g/mol.